The smallest absolute Gasteiger partial charge is 0.0725 e. The van der Waals surface area contributed by atoms with Gasteiger partial charge in [-0.1, -0.05) is 20.3 Å². The predicted molar refractivity (Wildman–Crippen MR) is 62.9 cm³/mol. The first-order valence-corrected chi connectivity index (χ1v) is 5.91. The summed E-state index contributed by atoms with van der Waals surface area (Å²) in [5.41, 5.74) is 1.66. The molecular weight excluding hydrogens is 186 g/mol. The van der Waals surface area contributed by atoms with Crippen LogP contribution in [0.2, 0.25) is 0 Å². The van der Waals surface area contributed by atoms with Crippen LogP contribution < -0.4 is 5.32 Å². The van der Waals surface area contributed by atoms with E-state index in [0.29, 0.717) is 11.5 Å². The first-order chi connectivity index (χ1) is 7.16. The average Bonchev–Trinajstić information content (AvgIpc) is 2.60. The fourth-order valence-electron chi connectivity index (χ4n) is 2.37. The molecule has 1 aliphatic carbocycles. The van der Waals surface area contributed by atoms with E-state index < -0.39 is 0 Å². The molecule has 1 atom stereocenters. The molecule has 1 aromatic heterocycles. The number of aromatic amines is 1. The Morgan fingerprint density at radius 1 is 1.40 bits per heavy atom. The minimum Gasteiger partial charge on any atom is -0.380 e. The zero-order valence-corrected chi connectivity index (χ0v) is 9.71. The SMILES string of the molecule is CC1(C)CCCC(Nc2cn[nH]c2)CC1. The van der Waals surface area contributed by atoms with Crippen molar-refractivity contribution in [3.8, 4) is 0 Å². The normalized spacial score (nSPS) is 25.9. The third kappa shape index (κ3) is 2.98. The lowest BCUT2D eigenvalue weighted by Gasteiger charge is -2.22. The second-order valence-electron chi connectivity index (χ2n) is 5.42. The van der Waals surface area contributed by atoms with Crippen LogP contribution in [0, 0.1) is 5.41 Å². The van der Waals surface area contributed by atoms with E-state index in [-0.39, 0.29) is 0 Å². The first-order valence-electron chi connectivity index (χ1n) is 5.91. The van der Waals surface area contributed by atoms with Gasteiger partial charge in [0.1, 0.15) is 0 Å². The van der Waals surface area contributed by atoms with Crippen LogP contribution in [0.4, 0.5) is 5.69 Å². The molecule has 0 radical (unpaired) electrons. The summed E-state index contributed by atoms with van der Waals surface area (Å²) in [6.07, 6.45) is 10.4. The largest absolute Gasteiger partial charge is 0.380 e. The summed E-state index contributed by atoms with van der Waals surface area (Å²) in [4.78, 5) is 0. The summed E-state index contributed by atoms with van der Waals surface area (Å²) in [6, 6.07) is 0.629. The minimum atomic E-state index is 0.535. The molecule has 3 heteroatoms. The lowest BCUT2D eigenvalue weighted by Crippen LogP contribution is -2.18. The van der Waals surface area contributed by atoms with Gasteiger partial charge < -0.3 is 5.32 Å². The van der Waals surface area contributed by atoms with Gasteiger partial charge >= 0.3 is 0 Å². The van der Waals surface area contributed by atoms with Gasteiger partial charge in [0.25, 0.3) is 0 Å². The molecule has 0 bridgehead atoms. The molecule has 2 N–H and O–H groups in total. The van der Waals surface area contributed by atoms with Crippen molar-refractivity contribution in [3.63, 3.8) is 0 Å². The molecule has 3 nitrogen and oxygen atoms in total. The molecular formula is C12H21N3. The van der Waals surface area contributed by atoms with Gasteiger partial charge in [-0.05, 0) is 31.1 Å². The molecule has 1 fully saturated rings. The Morgan fingerprint density at radius 2 is 2.27 bits per heavy atom. The first kappa shape index (κ1) is 10.5. The maximum Gasteiger partial charge on any atom is 0.0725 e. The molecule has 15 heavy (non-hydrogen) atoms. The number of nitrogens with one attached hydrogen (secondary N) is 2. The van der Waals surface area contributed by atoms with Crippen molar-refractivity contribution in [2.24, 2.45) is 5.41 Å². The lowest BCUT2D eigenvalue weighted by atomic mass is 9.85. The topological polar surface area (TPSA) is 40.7 Å². The molecule has 1 saturated carbocycles. The second-order valence-corrected chi connectivity index (χ2v) is 5.42. The summed E-state index contributed by atoms with van der Waals surface area (Å²) < 4.78 is 0. The Kier molecular flexibility index (Phi) is 2.98. The van der Waals surface area contributed by atoms with E-state index in [1.807, 2.05) is 12.4 Å². The van der Waals surface area contributed by atoms with Gasteiger partial charge in [-0.15, -0.1) is 0 Å². The highest BCUT2D eigenvalue weighted by molar-refractivity contribution is 5.38. The predicted octanol–water partition coefficient (Wildman–Crippen LogP) is 3.18. The maximum absolute atomic E-state index is 3.95. The number of hydrogen-bond donors (Lipinski definition) is 2. The summed E-state index contributed by atoms with van der Waals surface area (Å²) >= 11 is 0. The van der Waals surface area contributed by atoms with E-state index in [9.17, 15) is 0 Å². The molecule has 0 aromatic carbocycles. The van der Waals surface area contributed by atoms with Gasteiger partial charge in [-0.3, -0.25) is 5.10 Å². The average molecular weight is 207 g/mol. The van der Waals surface area contributed by atoms with Crippen molar-refractivity contribution in [3.05, 3.63) is 12.4 Å². The van der Waals surface area contributed by atoms with Crippen molar-refractivity contribution in [2.45, 2.75) is 52.0 Å². The number of rotatable bonds is 2. The summed E-state index contributed by atoms with van der Waals surface area (Å²) in [6.45, 7) is 4.76. The van der Waals surface area contributed by atoms with Crippen LogP contribution in [0.3, 0.4) is 0 Å². The summed E-state index contributed by atoms with van der Waals surface area (Å²) in [5, 5.41) is 10.3. The molecule has 2 rings (SSSR count). The second kappa shape index (κ2) is 4.25. The molecule has 0 saturated heterocycles. The standard InChI is InChI=1S/C12H21N3/c1-12(2)6-3-4-10(5-7-12)15-11-8-13-14-9-11/h8-10,15H,3-7H2,1-2H3,(H,13,14). The van der Waals surface area contributed by atoms with Gasteiger partial charge in [0.2, 0.25) is 0 Å². The third-order valence-electron chi connectivity index (χ3n) is 3.44. The minimum absolute atomic E-state index is 0.535. The Labute approximate surface area is 91.7 Å². The van der Waals surface area contributed by atoms with Gasteiger partial charge in [-0.2, -0.15) is 5.10 Å². The van der Waals surface area contributed by atoms with Crippen LogP contribution in [-0.2, 0) is 0 Å². The molecule has 1 heterocycles. The molecule has 1 unspecified atom stereocenters. The van der Waals surface area contributed by atoms with Crippen LogP contribution in [0.15, 0.2) is 12.4 Å². The van der Waals surface area contributed by atoms with Gasteiger partial charge in [-0.25, -0.2) is 0 Å². The lowest BCUT2D eigenvalue weighted by molar-refractivity contribution is 0.313. The number of anilines is 1. The van der Waals surface area contributed by atoms with E-state index in [2.05, 4.69) is 29.4 Å². The highest BCUT2D eigenvalue weighted by Crippen LogP contribution is 2.34. The van der Waals surface area contributed by atoms with Crippen molar-refractivity contribution in [1.29, 1.82) is 0 Å². The molecule has 0 amide bonds. The Bertz CT molecular complexity index is 290. The van der Waals surface area contributed by atoms with E-state index in [4.69, 9.17) is 0 Å². The zero-order valence-electron chi connectivity index (χ0n) is 9.71. The zero-order chi connectivity index (χ0) is 10.7. The number of nitrogens with zero attached hydrogens (tertiary/aromatic N) is 1. The van der Waals surface area contributed by atoms with Crippen LogP contribution in [-0.4, -0.2) is 16.2 Å². The maximum atomic E-state index is 3.95. The molecule has 0 spiro atoms. The highest BCUT2D eigenvalue weighted by Gasteiger charge is 2.24. The molecule has 1 aromatic rings. The van der Waals surface area contributed by atoms with E-state index >= 15 is 0 Å². The van der Waals surface area contributed by atoms with E-state index in [0.717, 1.165) is 5.69 Å². The van der Waals surface area contributed by atoms with Crippen molar-refractivity contribution in [1.82, 2.24) is 10.2 Å². The number of H-pyrrole nitrogens is 1. The van der Waals surface area contributed by atoms with Crippen molar-refractivity contribution < 1.29 is 0 Å². The van der Waals surface area contributed by atoms with E-state index in [1.54, 1.807) is 0 Å². The Hall–Kier alpha value is -0.990. The van der Waals surface area contributed by atoms with E-state index in [1.165, 1.54) is 32.1 Å². The Balaban J connectivity index is 1.89. The third-order valence-corrected chi connectivity index (χ3v) is 3.44. The quantitative estimate of drug-likeness (QED) is 0.731. The van der Waals surface area contributed by atoms with Gasteiger partial charge in [0, 0.05) is 12.2 Å². The van der Waals surface area contributed by atoms with Crippen molar-refractivity contribution >= 4 is 5.69 Å². The summed E-state index contributed by atoms with van der Waals surface area (Å²) in [7, 11) is 0. The number of aromatic nitrogens is 2. The summed E-state index contributed by atoms with van der Waals surface area (Å²) in [5.74, 6) is 0. The van der Waals surface area contributed by atoms with Crippen LogP contribution in [0.25, 0.3) is 0 Å². The highest BCUT2D eigenvalue weighted by atomic mass is 15.1. The van der Waals surface area contributed by atoms with Crippen LogP contribution in [0.5, 0.6) is 0 Å². The fourth-order valence-corrected chi connectivity index (χ4v) is 2.37. The molecule has 84 valence electrons. The van der Waals surface area contributed by atoms with Crippen LogP contribution in [0.1, 0.15) is 46.0 Å². The van der Waals surface area contributed by atoms with Crippen molar-refractivity contribution in [2.75, 3.05) is 5.32 Å². The molecule has 1 aliphatic rings. The van der Waals surface area contributed by atoms with Gasteiger partial charge in [0.05, 0.1) is 11.9 Å². The number of hydrogen-bond acceptors (Lipinski definition) is 2. The van der Waals surface area contributed by atoms with Gasteiger partial charge in [0.15, 0.2) is 0 Å². The van der Waals surface area contributed by atoms with Crippen LogP contribution >= 0.6 is 0 Å². The fraction of sp³-hybridized carbons (Fsp3) is 0.750. The Morgan fingerprint density at radius 3 is 3.00 bits per heavy atom. The molecule has 0 aliphatic heterocycles. The monoisotopic (exact) mass is 207 g/mol.